The van der Waals surface area contributed by atoms with Crippen molar-refractivity contribution in [2.45, 2.75) is 19.9 Å². The summed E-state index contributed by atoms with van der Waals surface area (Å²) in [6.45, 7) is 4.12. The van der Waals surface area contributed by atoms with Gasteiger partial charge in [-0.3, -0.25) is 4.79 Å². The van der Waals surface area contributed by atoms with Crippen LogP contribution in [0.4, 0.5) is 0 Å². The molecule has 16 heavy (non-hydrogen) atoms. The fourth-order valence-electron chi connectivity index (χ4n) is 1.17. The van der Waals surface area contributed by atoms with Crippen molar-refractivity contribution < 1.29 is 4.79 Å². The number of halogens is 2. The predicted molar refractivity (Wildman–Crippen MR) is 74.0 cm³/mol. The number of benzene rings is 1. The summed E-state index contributed by atoms with van der Waals surface area (Å²) in [5, 5.41) is 3.87. The number of nitrogens with one attached hydrogen (secondary N) is 1. The van der Waals surface area contributed by atoms with Gasteiger partial charge in [-0.25, -0.2) is 0 Å². The molecular formula is C12H15Br2NO. The Morgan fingerprint density at radius 1 is 1.31 bits per heavy atom. The van der Waals surface area contributed by atoms with Crippen molar-refractivity contribution in [3.05, 3.63) is 34.3 Å². The first-order chi connectivity index (χ1) is 7.54. The lowest BCUT2D eigenvalue weighted by molar-refractivity contribution is 0.0931. The molecule has 0 aliphatic heterocycles. The van der Waals surface area contributed by atoms with Crippen LogP contribution in [0.25, 0.3) is 0 Å². The van der Waals surface area contributed by atoms with Gasteiger partial charge < -0.3 is 5.32 Å². The number of carbonyl (C=O) groups is 1. The molecule has 1 N–H and O–H groups in total. The van der Waals surface area contributed by atoms with Gasteiger partial charge in [0, 0.05) is 21.4 Å². The van der Waals surface area contributed by atoms with Crippen molar-refractivity contribution in [3.63, 3.8) is 0 Å². The molecule has 1 aromatic rings. The van der Waals surface area contributed by atoms with Crippen LogP contribution in [0.15, 0.2) is 28.7 Å². The number of amides is 1. The molecule has 0 saturated carbocycles. The third kappa shape index (κ3) is 3.91. The zero-order valence-electron chi connectivity index (χ0n) is 9.34. The molecule has 0 aliphatic carbocycles. The molecule has 88 valence electrons. The third-order valence-corrected chi connectivity index (χ3v) is 4.11. The van der Waals surface area contributed by atoms with Gasteiger partial charge in [-0.05, 0) is 37.1 Å². The standard InChI is InChI=1S/C12H15Br2NO/c1-8(7-13)9(2)15-12(16)10-3-5-11(14)6-4-10/h3-6,8-9H,7H2,1-2H3,(H,15,16). The molecule has 1 rings (SSSR count). The lowest BCUT2D eigenvalue weighted by Crippen LogP contribution is -2.37. The van der Waals surface area contributed by atoms with Crippen molar-refractivity contribution in [1.82, 2.24) is 5.32 Å². The molecule has 0 spiro atoms. The van der Waals surface area contributed by atoms with Crippen LogP contribution in [0.5, 0.6) is 0 Å². The molecule has 0 aromatic heterocycles. The number of hydrogen-bond acceptors (Lipinski definition) is 1. The molecule has 0 radical (unpaired) electrons. The minimum atomic E-state index is -0.0206. The maximum absolute atomic E-state index is 11.8. The highest BCUT2D eigenvalue weighted by Crippen LogP contribution is 2.11. The van der Waals surface area contributed by atoms with Gasteiger partial charge in [-0.1, -0.05) is 38.8 Å². The molecule has 0 aliphatic rings. The average Bonchev–Trinajstić information content (AvgIpc) is 2.28. The summed E-state index contributed by atoms with van der Waals surface area (Å²) in [6.07, 6.45) is 0. The Balaban J connectivity index is 2.62. The molecule has 2 unspecified atom stereocenters. The first-order valence-electron chi connectivity index (χ1n) is 5.17. The quantitative estimate of drug-likeness (QED) is 0.827. The van der Waals surface area contributed by atoms with E-state index >= 15 is 0 Å². The largest absolute Gasteiger partial charge is 0.349 e. The molecule has 0 heterocycles. The van der Waals surface area contributed by atoms with Gasteiger partial charge in [0.25, 0.3) is 5.91 Å². The van der Waals surface area contributed by atoms with Crippen LogP contribution in [-0.2, 0) is 0 Å². The summed E-state index contributed by atoms with van der Waals surface area (Å²) in [5.41, 5.74) is 0.692. The second-order valence-corrected chi connectivity index (χ2v) is 5.46. The lowest BCUT2D eigenvalue weighted by Gasteiger charge is -2.19. The van der Waals surface area contributed by atoms with E-state index in [1.807, 2.05) is 31.2 Å². The van der Waals surface area contributed by atoms with Crippen molar-refractivity contribution in [3.8, 4) is 0 Å². The Morgan fingerprint density at radius 2 is 1.88 bits per heavy atom. The highest BCUT2D eigenvalue weighted by Gasteiger charge is 2.14. The van der Waals surface area contributed by atoms with Crippen molar-refractivity contribution in [1.29, 1.82) is 0 Å². The van der Waals surface area contributed by atoms with E-state index in [0.717, 1.165) is 9.80 Å². The van der Waals surface area contributed by atoms with Crippen LogP contribution in [0, 0.1) is 5.92 Å². The molecule has 4 heteroatoms. The summed E-state index contributed by atoms with van der Waals surface area (Å²) in [6, 6.07) is 7.52. The molecule has 2 nitrogen and oxygen atoms in total. The van der Waals surface area contributed by atoms with Gasteiger partial charge in [0.15, 0.2) is 0 Å². The topological polar surface area (TPSA) is 29.1 Å². The summed E-state index contributed by atoms with van der Waals surface area (Å²) in [7, 11) is 0. The highest BCUT2D eigenvalue weighted by molar-refractivity contribution is 9.10. The molecule has 1 amide bonds. The predicted octanol–water partition coefficient (Wildman–Crippen LogP) is 3.60. The second kappa shape index (κ2) is 6.40. The second-order valence-electron chi connectivity index (χ2n) is 3.90. The van der Waals surface area contributed by atoms with Crippen LogP contribution in [0.3, 0.4) is 0 Å². The number of carbonyl (C=O) groups excluding carboxylic acids is 1. The van der Waals surface area contributed by atoms with Gasteiger partial charge in [0.1, 0.15) is 0 Å². The fourth-order valence-corrected chi connectivity index (χ4v) is 1.99. The Hall–Kier alpha value is -0.350. The van der Waals surface area contributed by atoms with E-state index in [2.05, 4.69) is 44.1 Å². The normalized spacial score (nSPS) is 14.2. The van der Waals surface area contributed by atoms with Crippen LogP contribution in [0.2, 0.25) is 0 Å². The van der Waals surface area contributed by atoms with E-state index < -0.39 is 0 Å². The van der Waals surface area contributed by atoms with Crippen LogP contribution in [-0.4, -0.2) is 17.3 Å². The molecule has 1 aromatic carbocycles. The van der Waals surface area contributed by atoms with E-state index in [-0.39, 0.29) is 11.9 Å². The number of hydrogen-bond donors (Lipinski definition) is 1. The van der Waals surface area contributed by atoms with E-state index in [1.165, 1.54) is 0 Å². The van der Waals surface area contributed by atoms with Crippen LogP contribution < -0.4 is 5.32 Å². The monoisotopic (exact) mass is 347 g/mol. The van der Waals surface area contributed by atoms with Gasteiger partial charge >= 0.3 is 0 Å². The van der Waals surface area contributed by atoms with Crippen molar-refractivity contribution in [2.75, 3.05) is 5.33 Å². The first-order valence-corrected chi connectivity index (χ1v) is 7.08. The summed E-state index contributed by atoms with van der Waals surface area (Å²) in [4.78, 5) is 11.8. The van der Waals surface area contributed by atoms with Gasteiger partial charge in [0.2, 0.25) is 0 Å². The smallest absolute Gasteiger partial charge is 0.251 e. The number of rotatable bonds is 4. The molecule has 0 bridgehead atoms. The van der Waals surface area contributed by atoms with Gasteiger partial charge in [-0.2, -0.15) is 0 Å². The van der Waals surface area contributed by atoms with E-state index in [1.54, 1.807) is 0 Å². The Kier molecular flexibility index (Phi) is 5.49. The average molecular weight is 349 g/mol. The fraction of sp³-hybridized carbons (Fsp3) is 0.417. The molecule has 0 saturated heterocycles. The van der Waals surface area contributed by atoms with Crippen molar-refractivity contribution in [2.24, 2.45) is 5.92 Å². The third-order valence-electron chi connectivity index (χ3n) is 2.56. The van der Waals surface area contributed by atoms with E-state index in [0.29, 0.717) is 11.5 Å². The lowest BCUT2D eigenvalue weighted by atomic mass is 10.1. The van der Waals surface area contributed by atoms with Crippen LogP contribution >= 0.6 is 31.9 Å². The summed E-state index contributed by atoms with van der Waals surface area (Å²) >= 11 is 6.76. The Labute approximate surface area is 113 Å². The first kappa shape index (κ1) is 13.7. The Morgan fingerprint density at radius 3 is 2.38 bits per heavy atom. The van der Waals surface area contributed by atoms with E-state index in [9.17, 15) is 4.79 Å². The molecule has 2 atom stereocenters. The maximum atomic E-state index is 11.8. The highest BCUT2D eigenvalue weighted by atomic mass is 79.9. The maximum Gasteiger partial charge on any atom is 0.251 e. The summed E-state index contributed by atoms with van der Waals surface area (Å²) < 4.78 is 0.978. The zero-order valence-corrected chi connectivity index (χ0v) is 12.5. The van der Waals surface area contributed by atoms with E-state index in [4.69, 9.17) is 0 Å². The minimum absolute atomic E-state index is 0.0206. The number of alkyl halides is 1. The molecule has 0 fully saturated rings. The van der Waals surface area contributed by atoms with Crippen molar-refractivity contribution >= 4 is 37.8 Å². The van der Waals surface area contributed by atoms with Gasteiger partial charge in [0.05, 0.1) is 0 Å². The van der Waals surface area contributed by atoms with Gasteiger partial charge in [-0.15, -0.1) is 0 Å². The Bertz CT molecular complexity index is 351. The molecular weight excluding hydrogens is 334 g/mol. The SMILES string of the molecule is CC(CBr)C(C)NC(=O)c1ccc(Br)cc1. The zero-order chi connectivity index (χ0) is 12.1. The van der Waals surface area contributed by atoms with Crippen LogP contribution in [0.1, 0.15) is 24.2 Å². The minimum Gasteiger partial charge on any atom is -0.349 e. The summed E-state index contributed by atoms with van der Waals surface area (Å²) in [5.74, 6) is 0.396.